The Morgan fingerprint density at radius 2 is 1.62 bits per heavy atom. The fourth-order valence-corrected chi connectivity index (χ4v) is 4.83. The molecule has 1 aliphatic rings. The lowest BCUT2D eigenvalue weighted by atomic mass is 9.86. The van der Waals surface area contributed by atoms with Crippen molar-refractivity contribution in [3.8, 4) is 0 Å². The molecule has 0 spiro atoms. The van der Waals surface area contributed by atoms with Crippen LogP contribution in [0.15, 0.2) is 53.4 Å². The van der Waals surface area contributed by atoms with Gasteiger partial charge in [0.1, 0.15) is 0 Å². The topological polar surface area (TPSA) is 90.0 Å². The molecule has 172 valence electrons. The smallest absolute Gasteiger partial charge is 0.338 e. The summed E-state index contributed by atoms with van der Waals surface area (Å²) in [5.74, 6) is -1.08. The summed E-state index contributed by atoms with van der Waals surface area (Å²) in [5, 5.41) is 0. The zero-order valence-electron chi connectivity index (χ0n) is 18.8. The quantitative estimate of drug-likeness (QED) is 0.486. The Morgan fingerprint density at radius 3 is 2.22 bits per heavy atom. The lowest BCUT2D eigenvalue weighted by Crippen LogP contribution is -2.40. The second-order valence-corrected chi connectivity index (χ2v) is 10.7. The summed E-state index contributed by atoms with van der Waals surface area (Å²) in [6.45, 7) is 8.94. The number of esters is 1. The van der Waals surface area contributed by atoms with Gasteiger partial charge in [0.15, 0.2) is 6.10 Å². The van der Waals surface area contributed by atoms with Crippen LogP contribution >= 0.6 is 0 Å². The summed E-state index contributed by atoms with van der Waals surface area (Å²) in [5.41, 5.74) is 1.58. The van der Waals surface area contributed by atoms with Gasteiger partial charge in [0.05, 0.1) is 23.7 Å². The third-order valence-corrected chi connectivity index (χ3v) is 7.26. The molecule has 7 nitrogen and oxygen atoms in total. The monoisotopic (exact) mass is 459 g/mol. The molecule has 1 heterocycles. The molecular weight excluding hydrogens is 430 g/mol. The van der Waals surface area contributed by atoms with Crippen molar-refractivity contribution in [2.75, 3.05) is 26.3 Å². The van der Waals surface area contributed by atoms with Crippen molar-refractivity contribution in [1.82, 2.24) is 4.31 Å². The Morgan fingerprint density at radius 1 is 1.00 bits per heavy atom. The summed E-state index contributed by atoms with van der Waals surface area (Å²) in [6.07, 6.45) is -1.01. The Hall–Kier alpha value is -2.55. The molecule has 2 aromatic rings. The maximum absolute atomic E-state index is 12.8. The van der Waals surface area contributed by atoms with E-state index in [1.54, 1.807) is 12.1 Å². The highest BCUT2D eigenvalue weighted by atomic mass is 32.2. The van der Waals surface area contributed by atoms with Crippen LogP contribution in [0.4, 0.5) is 0 Å². The molecule has 0 aliphatic carbocycles. The first-order chi connectivity index (χ1) is 15.0. The largest absolute Gasteiger partial charge is 0.451 e. The van der Waals surface area contributed by atoms with Crippen molar-refractivity contribution in [3.63, 3.8) is 0 Å². The highest BCUT2D eigenvalue weighted by molar-refractivity contribution is 7.89. The first-order valence-electron chi connectivity index (χ1n) is 10.5. The van der Waals surface area contributed by atoms with Gasteiger partial charge in [-0.2, -0.15) is 4.31 Å². The van der Waals surface area contributed by atoms with Crippen LogP contribution in [0.2, 0.25) is 0 Å². The van der Waals surface area contributed by atoms with E-state index >= 15 is 0 Å². The molecule has 32 heavy (non-hydrogen) atoms. The number of hydrogen-bond donors (Lipinski definition) is 0. The zero-order chi connectivity index (χ0) is 23.5. The van der Waals surface area contributed by atoms with Crippen molar-refractivity contribution in [3.05, 3.63) is 65.2 Å². The molecular formula is C24H29NO6S. The van der Waals surface area contributed by atoms with Crippen LogP contribution in [-0.4, -0.2) is 56.9 Å². The van der Waals surface area contributed by atoms with E-state index < -0.39 is 22.1 Å². The first kappa shape index (κ1) is 24.1. The maximum Gasteiger partial charge on any atom is 0.338 e. The highest BCUT2D eigenvalue weighted by Gasteiger charge is 2.28. The number of nitrogens with zero attached hydrogens (tertiary/aromatic N) is 1. The minimum Gasteiger partial charge on any atom is -0.451 e. The van der Waals surface area contributed by atoms with Crippen LogP contribution in [0.3, 0.4) is 0 Å². The zero-order valence-corrected chi connectivity index (χ0v) is 19.6. The van der Waals surface area contributed by atoms with Gasteiger partial charge in [-0.1, -0.05) is 51.1 Å². The molecule has 0 radical (unpaired) electrons. The van der Waals surface area contributed by atoms with Gasteiger partial charge in [0, 0.05) is 18.7 Å². The second-order valence-electron chi connectivity index (χ2n) is 8.78. The molecule has 1 aliphatic heterocycles. The normalized spacial score (nSPS) is 16.4. The third kappa shape index (κ3) is 5.43. The van der Waals surface area contributed by atoms with Gasteiger partial charge in [0.25, 0.3) is 0 Å². The fourth-order valence-electron chi connectivity index (χ4n) is 3.37. The minimum atomic E-state index is -3.74. The lowest BCUT2D eigenvalue weighted by molar-refractivity contribution is 0.0318. The molecule has 8 heteroatoms. The van der Waals surface area contributed by atoms with Crippen molar-refractivity contribution in [2.45, 2.75) is 44.1 Å². The third-order valence-electron chi connectivity index (χ3n) is 5.37. The standard InChI is InChI=1S/C24H29NO6S/c1-17(22(26)18-8-10-20(11-9-18)24(2,3)4)31-23(27)19-6-5-7-21(16-19)32(28,29)25-12-14-30-15-13-25/h5-11,16-17H,12-15H2,1-4H3/t17-/m1/s1. The van der Waals surface area contributed by atoms with Crippen molar-refractivity contribution in [2.24, 2.45) is 0 Å². The second kappa shape index (κ2) is 9.52. The molecule has 2 aromatic carbocycles. The molecule has 0 unspecified atom stereocenters. The van der Waals surface area contributed by atoms with Crippen LogP contribution in [0.25, 0.3) is 0 Å². The molecule has 3 rings (SSSR count). The highest BCUT2D eigenvalue weighted by Crippen LogP contribution is 2.23. The molecule has 1 saturated heterocycles. The van der Waals surface area contributed by atoms with Crippen LogP contribution in [0.1, 0.15) is 54.0 Å². The average molecular weight is 460 g/mol. The predicted octanol–water partition coefficient (Wildman–Crippen LogP) is 3.43. The number of sulfonamides is 1. The van der Waals surface area contributed by atoms with Crippen LogP contribution in [-0.2, 0) is 24.9 Å². The summed E-state index contributed by atoms with van der Waals surface area (Å²) >= 11 is 0. The van der Waals surface area contributed by atoms with Gasteiger partial charge in [-0.05, 0) is 36.1 Å². The summed E-state index contributed by atoms with van der Waals surface area (Å²) in [7, 11) is -3.74. The van der Waals surface area contributed by atoms with Crippen molar-refractivity contribution < 1.29 is 27.5 Å². The van der Waals surface area contributed by atoms with Gasteiger partial charge >= 0.3 is 5.97 Å². The first-order valence-corrected chi connectivity index (χ1v) is 12.0. The van der Waals surface area contributed by atoms with E-state index in [0.717, 1.165) is 5.56 Å². The Bertz CT molecular complexity index is 1080. The van der Waals surface area contributed by atoms with Crippen LogP contribution in [0, 0.1) is 0 Å². The number of ketones is 1. The Labute approximate surface area is 189 Å². The number of morpholine rings is 1. The minimum absolute atomic E-state index is 0.00518. The van der Waals surface area contributed by atoms with Crippen molar-refractivity contribution in [1.29, 1.82) is 0 Å². The molecule has 0 aromatic heterocycles. The summed E-state index contributed by atoms with van der Waals surface area (Å²) in [6, 6.07) is 12.9. The maximum atomic E-state index is 12.8. The molecule has 0 amide bonds. The van der Waals surface area contributed by atoms with Gasteiger partial charge < -0.3 is 9.47 Å². The van der Waals surface area contributed by atoms with E-state index in [4.69, 9.17) is 9.47 Å². The number of benzene rings is 2. The predicted molar refractivity (Wildman–Crippen MR) is 120 cm³/mol. The van der Waals surface area contributed by atoms with E-state index in [1.165, 1.54) is 35.5 Å². The van der Waals surface area contributed by atoms with Crippen molar-refractivity contribution >= 4 is 21.8 Å². The number of hydrogen-bond acceptors (Lipinski definition) is 6. The fraction of sp³-hybridized carbons (Fsp3) is 0.417. The van der Waals surface area contributed by atoms with E-state index in [0.29, 0.717) is 18.8 Å². The van der Waals surface area contributed by atoms with E-state index in [-0.39, 0.29) is 34.7 Å². The Kier molecular flexibility index (Phi) is 7.17. The number of carbonyl (C=O) groups is 2. The van der Waals surface area contributed by atoms with Crippen LogP contribution in [0.5, 0.6) is 0 Å². The summed E-state index contributed by atoms with van der Waals surface area (Å²) < 4.78 is 37.6. The summed E-state index contributed by atoms with van der Waals surface area (Å²) in [4.78, 5) is 25.3. The molecule has 1 fully saturated rings. The number of ether oxygens (including phenoxy) is 2. The van der Waals surface area contributed by atoms with Gasteiger partial charge in [-0.25, -0.2) is 13.2 Å². The Balaban J connectivity index is 1.71. The number of rotatable bonds is 6. The van der Waals surface area contributed by atoms with E-state index in [1.807, 2.05) is 12.1 Å². The number of carbonyl (C=O) groups excluding carboxylic acids is 2. The molecule has 0 N–H and O–H groups in total. The SMILES string of the molecule is C[C@@H](OC(=O)c1cccc(S(=O)(=O)N2CCOCC2)c1)C(=O)c1ccc(C(C)(C)C)cc1. The molecule has 0 saturated carbocycles. The van der Waals surface area contributed by atoms with Gasteiger partial charge in [0.2, 0.25) is 15.8 Å². The lowest BCUT2D eigenvalue weighted by Gasteiger charge is -2.26. The average Bonchev–Trinajstić information content (AvgIpc) is 2.78. The van der Waals surface area contributed by atoms with E-state index in [9.17, 15) is 18.0 Å². The van der Waals surface area contributed by atoms with Gasteiger partial charge in [-0.3, -0.25) is 4.79 Å². The molecule has 0 bridgehead atoms. The van der Waals surface area contributed by atoms with Gasteiger partial charge in [-0.15, -0.1) is 0 Å². The number of Topliss-reactive ketones (excluding diaryl/α,β-unsaturated/α-hetero) is 1. The van der Waals surface area contributed by atoms with Crippen LogP contribution < -0.4 is 0 Å². The van der Waals surface area contributed by atoms with E-state index in [2.05, 4.69) is 20.8 Å². The molecule has 1 atom stereocenters.